The maximum atomic E-state index is 5.13. The van der Waals surface area contributed by atoms with Crippen molar-refractivity contribution >= 4 is 32.7 Å². The number of hydrogen-bond acceptors (Lipinski definition) is 3. The van der Waals surface area contributed by atoms with Gasteiger partial charge in [0, 0.05) is 23.0 Å². The van der Waals surface area contributed by atoms with Crippen LogP contribution in [0.15, 0.2) is 140 Å². The van der Waals surface area contributed by atoms with Gasteiger partial charge in [-0.1, -0.05) is 140 Å². The van der Waals surface area contributed by atoms with Crippen LogP contribution in [0.4, 0.5) is 0 Å². The summed E-state index contributed by atoms with van der Waals surface area (Å²) in [6, 6.07) is 24.8. The summed E-state index contributed by atoms with van der Waals surface area (Å²) in [5.74, 6) is 3.24. The second-order valence-electron chi connectivity index (χ2n) is 14.3. The van der Waals surface area contributed by atoms with E-state index < -0.39 is 0 Å². The highest BCUT2D eigenvalue weighted by molar-refractivity contribution is 6.11. The first-order valence-corrected chi connectivity index (χ1v) is 18.2. The van der Waals surface area contributed by atoms with Crippen molar-refractivity contribution in [2.45, 2.75) is 63.2 Å². The van der Waals surface area contributed by atoms with Gasteiger partial charge in [-0.25, -0.2) is 15.0 Å². The lowest BCUT2D eigenvalue weighted by Gasteiger charge is -2.27. The van der Waals surface area contributed by atoms with Gasteiger partial charge in [-0.15, -0.1) is 0 Å². The van der Waals surface area contributed by atoms with Crippen molar-refractivity contribution in [3.63, 3.8) is 0 Å². The van der Waals surface area contributed by atoms with Gasteiger partial charge in [0.25, 0.3) is 0 Å². The Bertz CT molecular complexity index is 2380. The van der Waals surface area contributed by atoms with E-state index in [0.717, 1.165) is 59.9 Å². The number of fused-ring (bicyclic) bond motifs is 6. The summed E-state index contributed by atoms with van der Waals surface area (Å²) >= 11 is 0. The fraction of sp³-hybridized carbons (Fsp3) is 0.213. The molecule has 0 saturated heterocycles. The minimum atomic E-state index is 0.129. The molecule has 1 aromatic heterocycles. The Hall–Kier alpha value is -5.41. The molecule has 3 atom stereocenters. The van der Waals surface area contributed by atoms with Crippen LogP contribution in [-0.2, 0) is 6.42 Å². The molecule has 0 fully saturated rings. The monoisotopic (exact) mass is 647 g/mol. The Kier molecular flexibility index (Phi) is 7.84. The number of aryl methyl sites for hydroxylation is 1. The standard InChI is InChI=1S/C47H41N3/c1-30-19-21-35(22-20-30)46-48-45(34-12-4-3-5-13-34)49-47(50-46)42-17-9-6-14-37(42)33-25-23-32(24-26-33)36-27-28-39-38-15-7-8-16-40(38)44-31(2)11-10-18-41(44)43(39)29-36/h3-9,12,14-17,19,21-25,27-29,31,33-34H,1,10-11,13,18,20,26H2,2H3. The first-order chi connectivity index (χ1) is 24.6. The summed E-state index contributed by atoms with van der Waals surface area (Å²) in [5, 5.41) is 5.63. The molecular formula is C47H41N3. The molecule has 3 nitrogen and oxygen atoms in total. The van der Waals surface area contributed by atoms with Crippen molar-refractivity contribution in [2.24, 2.45) is 0 Å². The van der Waals surface area contributed by atoms with Crippen LogP contribution in [0.25, 0.3) is 44.1 Å². The van der Waals surface area contributed by atoms with Crippen molar-refractivity contribution in [1.82, 2.24) is 15.0 Å². The van der Waals surface area contributed by atoms with Crippen LogP contribution in [0, 0.1) is 0 Å². The van der Waals surface area contributed by atoms with Gasteiger partial charge in [-0.05, 0) is 99.9 Å². The smallest absolute Gasteiger partial charge is 0.164 e. The van der Waals surface area contributed by atoms with Crippen LogP contribution >= 0.6 is 0 Å². The Morgan fingerprint density at radius 1 is 0.700 bits per heavy atom. The van der Waals surface area contributed by atoms with Gasteiger partial charge in [-0.2, -0.15) is 0 Å². The maximum Gasteiger partial charge on any atom is 0.164 e. The summed E-state index contributed by atoms with van der Waals surface area (Å²) in [4.78, 5) is 15.2. The van der Waals surface area contributed by atoms with Crippen LogP contribution in [0.3, 0.4) is 0 Å². The minimum absolute atomic E-state index is 0.129. The van der Waals surface area contributed by atoms with E-state index in [0.29, 0.717) is 5.92 Å². The van der Waals surface area contributed by atoms with Crippen LogP contribution < -0.4 is 0 Å². The van der Waals surface area contributed by atoms with Gasteiger partial charge in [0.1, 0.15) is 5.82 Å². The summed E-state index contributed by atoms with van der Waals surface area (Å²) in [7, 11) is 0. The molecule has 0 spiro atoms. The molecule has 0 N–H and O–H groups in total. The van der Waals surface area contributed by atoms with Crippen molar-refractivity contribution in [3.05, 3.63) is 174 Å². The molecule has 0 bridgehead atoms. The highest BCUT2D eigenvalue weighted by Gasteiger charge is 2.24. The van der Waals surface area contributed by atoms with Crippen molar-refractivity contribution in [3.8, 4) is 11.4 Å². The Morgan fingerprint density at radius 2 is 1.54 bits per heavy atom. The largest absolute Gasteiger partial charge is 0.212 e. The van der Waals surface area contributed by atoms with Gasteiger partial charge in [0.2, 0.25) is 0 Å². The lowest BCUT2D eigenvalue weighted by atomic mass is 9.77. The quantitative estimate of drug-likeness (QED) is 0.178. The first-order valence-electron chi connectivity index (χ1n) is 18.2. The Morgan fingerprint density at radius 3 is 2.36 bits per heavy atom. The van der Waals surface area contributed by atoms with E-state index in [-0.39, 0.29) is 11.8 Å². The molecule has 4 aliphatic carbocycles. The zero-order chi connectivity index (χ0) is 33.6. The molecule has 4 aromatic carbocycles. The molecule has 0 radical (unpaired) electrons. The molecule has 1 heterocycles. The average Bonchev–Trinajstić information content (AvgIpc) is 3.18. The second-order valence-corrected chi connectivity index (χ2v) is 14.3. The molecule has 9 rings (SSSR count). The predicted octanol–water partition coefficient (Wildman–Crippen LogP) is 11.9. The molecule has 3 heteroatoms. The number of hydrogen-bond donors (Lipinski definition) is 0. The minimum Gasteiger partial charge on any atom is -0.212 e. The van der Waals surface area contributed by atoms with Crippen molar-refractivity contribution < 1.29 is 0 Å². The molecule has 5 aromatic rings. The third-order valence-electron chi connectivity index (χ3n) is 11.1. The van der Waals surface area contributed by atoms with E-state index in [1.54, 1.807) is 11.1 Å². The molecule has 0 amide bonds. The van der Waals surface area contributed by atoms with E-state index in [9.17, 15) is 0 Å². The van der Waals surface area contributed by atoms with Gasteiger partial charge >= 0.3 is 0 Å². The first kappa shape index (κ1) is 30.6. The van der Waals surface area contributed by atoms with Gasteiger partial charge < -0.3 is 0 Å². The summed E-state index contributed by atoms with van der Waals surface area (Å²) in [5.41, 5.74) is 10.2. The van der Waals surface area contributed by atoms with Gasteiger partial charge in [-0.3, -0.25) is 0 Å². The number of nitrogens with zero attached hydrogens (tertiary/aromatic N) is 3. The highest BCUT2D eigenvalue weighted by atomic mass is 15.0. The van der Waals surface area contributed by atoms with Crippen LogP contribution in [0.1, 0.15) is 90.7 Å². The van der Waals surface area contributed by atoms with E-state index in [4.69, 9.17) is 15.0 Å². The molecule has 50 heavy (non-hydrogen) atoms. The normalized spacial score (nSPS) is 21.4. The van der Waals surface area contributed by atoms with E-state index in [2.05, 4.69) is 141 Å². The second kappa shape index (κ2) is 12.8. The summed E-state index contributed by atoms with van der Waals surface area (Å²) in [6.07, 6.45) is 28.4. The Balaban J connectivity index is 1.06. The topological polar surface area (TPSA) is 38.7 Å². The average molecular weight is 648 g/mol. The number of aromatic nitrogens is 3. The SMILES string of the molecule is C=C1C=CC(c2nc(-c3ccccc3C3C=CC(c4ccc5c(c4)c4c(c6ccccc65)C(C)CCC4)=CC3)nc(C3C=CC=CC3)n2)=CC1. The third kappa shape index (κ3) is 5.51. The molecular weight excluding hydrogens is 607 g/mol. The molecule has 3 unspecified atom stereocenters. The molecule has 0 aliphatic heterocycles. The van der Waals surface area contributed by atoms with Crippen LogP contribution in [-0.4, -0.2) is 15.0 Å². The predicted molar refractivity (Wildman–Crippen MR) is 209 cm³/mol. The third-order valence-corrected chi connectivity index (χ3v) is 11.1. The molecule has 0 saturated carbocycles. The van der Waals surface area contributed by atoms with Gasteiger partial charge in [0.05, 0.1) is 0 Å². The Labute approximate surface area is 294 Å². The molecule has 244 valence electrons. The van der Waals surface area contributed by atoms with E-state index in [1.165, 1.54) is 51.1 Å². The van der Waals surface area contributed by atoms with E-state index in [1.807, 2.05) is 0 Å². The highest BCUT2D eigenvalue weighted by Crippen LogP contribution is 2.43. The van der Waals surface area contributed by atoms with Gasteiger partial charge in [0.15, 0.2) is 11.6 Å². The summed E-state index contributed by atoms with van der Waals surface area (Å²) in [6.45, 7) is 6.53. The fourth-order valence-corrected chi connectivity index (χ4v) is 8.45. The summed E-state index contributed by atoms with van der Waals surface area (Å²) < 4.78 is 0. The lowest BCUT2D eigenvalue weighted by Crippen LogP contribution is -2.11. The number of allylic oxidation sites excluding steroid dienone is 13. The van der Waals surface area contributed by atoms with Crippen LogP contribution in [0.5, 0.6) is 0 Å². The van der Waals surface area contributed by atoms with Crippen LogP contribution in [0.2, 0.25) is 0 Å². The van der Waals surface area contributed by atoms with Crippen molar-refractivity contribution in [2.75, 3.05) is 0 Å². The fourth-order valence-electron chi connectivity index (χ4n) is 8.45. The zero-order valence-corrected chi connectivity index (χ0v) is 28.6. The number of benzene rings is 4. The van der Waals surface area contributed by atoms with Crippen molar-refractivity contribution in [1.29, 1.82) is 0 Å². The lowest BCUT2D eigenvalue weighted by molar-refractivity contribution is 0.597. The zero-order valence-electron chi connectivity index (χ0n) is 28.6. The number of rotatable bonds is 5. The maximum absolute atomic E-state index is 5.13. The molecule has 4 aliphatic rings. The van der Waals surface area contributed by atoms with E-state index >= 15 is 0 Å².